The Balaban J connectivity index is 1.66. The van der Waals surface area contributed by atoms with Gasteiger partial charge in [0.2, 0.25) is 0 Å². The van der Waals surface area contributed by atoms with E-state index in [2.05, 4.69) is 151 Å². The highest BCUT2D eigenvalue weighted by Gasteiger charge is 2.20. The molecule has 0 N–H and O–H groups in total. The number of rotatable bonds is 7. The van der Waals surface area contributed by atoms with Gasteiger partial charge in [-0.25, -0.2) is 9.97 Å². The molecule has 0 aliphatic heterocycles. The predicted octanol–water partition coefficient (Wildman–Crippen LogP) is 10.6. The molecule has 2 aromatic heterocycles. The summed E-state index contributed by atoms with van der Waals surface area (Å²) in [5, 5.41) is 3.38. The van der Waals surface area contributed by atoms with E-state index in [9.17, 15) is 0 Å². The zero-order valence-electron chi connectivity index (χ0n) is 26.1. The van der Waals surface area contributed by atoms with Crippen LogP contribution in [0.15, 0.2) is 121 Å². The molecule has 1 unspecified atom stereocenters. The fourth-order valence-electron chi connectivity index (χ4n) is 6.74. The van der Waals surface area contributed by atoms with E-state index < -0.39 is 0 Å². The lowest BCUT2D eigenvalue weighted by Crippen LogP contribution is -2.04. The van der Waals surface area contributed by atoms with Crippen molar-refractivity contribution in [3.05, 3.63) is 138 Å². The van der Waals surface area contributed by atoms with Gasteiger partial charge in [-0.1, -0.05) is 130 Å². The molecule has 0 aliphatic carbocycles. The minimum absolute atomic E-state index is 0.932. The minimum Gasteiger partial charge on any atom is -0.245 e. The highest BCUT2D eigenvalue weighted by Crippen LogP contribution is 2.40. The van der Waals surface area contributed by atoms with E-state index in [1.165, 1.54) is 50.1 Å². The van der Waals surface area contributed by atoms with Crippen molar-refractivity contribution in [1.29, 1.82) is 0 Å². The van der Waals surface area contributed by atoms with Crippen LogP contribution >= 0.6 is 9.24 Å². The monoisotopic (exact) mass is 600 g/mol. The predicted molar refractivity (Wildman–Crippen MR) is 196 cm³/mol. The van der Waals surface area contributed by atoms with Crippen molar-refractivity contribution < 1.29 is 0 Å². The molecule has 5 aromatic carbocycles. The fourth-order valence-corrected chi connectivity index (χ4v) is 7.19. The van der Waals surface area contributed by atoms with Crippen molar-refractivity contribution in [3.8, 4) is 44.8 Å². The molecule has 0 saturated carbocycles. The molecule has 0 saturated heterocycles. The van der Waals surface area contributed by atoms with Crippen LogP contribution in [-0.2, 0) is 19.3 Å². The number of hydrogen-bond donors (Lipinski definition) is 0. The second kappa shape index (κ2) is 12.4. The van der Waals surface area contributed by atoms with Gasteiger partial charge in [0, 0.05) is 21.9 Å². The van der Waals surface area contributed by atoms with Crippen LogP contribution in [0.1, 0.15) is 37.5 Å². The van der Waals surface area contributed by atoms with E-state index in [0.717, 1.165) is 57.8 Å². The first-order chi connectivity index (χ1) is 22.1. The number of fused-ring (bicyclic) bond motifs is 3. The SMILES string of the molecule is CCc1cccc(P)c1-c1cc(-c2ccccc2)c2ccc3c(-c4ccccc4)cc(-c4c(CC)cccc4CC)nc3c2n1. The van der Waals surface area contributed by atoms with Crippen molar-refractivity contribution in [2.45, 2.75) is 40.0 Å². The number of nitrogens with zero attached hydrogens (tertiary/aromatic N) is 2. The molecule has 1 atom stereocenters. The summed E-state index contributed by atoms with van der Waals surface area (Å²) in [6, 6.07) is 43.7. The molecule has 0 spiro atoms. The molecule has 7 aromatic rings. The molecule has 7 rings (SSSR count). The fraction of sp³-hybridized carbons (Fsp3) is 0.143. The zero-order chi connectivity index (χ0) is 30.9. The van der Waals surface area contributed by atoms with Crippen molar-refractivity contribution in [1.82, 2.24) is 9.97 Å². The summed E-state index contributed by atoms with van der Waals surface area (Å²) in [4.78, 5) is 11.1. The summed E-state index contributed by atoms with van der Waals surface area (Å²) in [7, 11) is 2.95. The molecule has 0 bridgehead atoms. The molecule has 45 heavy (non-hydrogen) atoms. The van der Waals surface area contributed by atoms with Crippen LogP contribution in [0.3, 0.4) is 0 Å². The Hall–Kier alpha value is -4.65. The minimum atomic E-state index is 0.932. The Labute approximate surface area is 268 Å². The number of pyridine rings is 2. The quantitative estimate of drug-likeness (QED) is 0.134. The van der Waals surface area contributed by atoms with Gasteiger partial charge in [-0.05, 0) is 75.6 Å². The first kappa shape index (κ1) is 29.1. The maximum absolute atomic E-state index is 5.54. The van der Waals surface area contributed by atoms with E-state index >= 15 is 0 Å². The van der Waals surface area contributed by atoms with Crippen molar-refractivity contribution in [2.75, 3.05) is 0 Å². The third-order valence-electron chi connectivity index (χ3n) is 9.00. The van der Waals surface area contributed by atoms with Crippen LogP contribution in [0.2, 0.25) is 0 Å². The normalized spacial score (nSPS) is 11.4. The van der Waals surface area contributed by atoms with Crippen LogP contribution in [0.25, 0.3) is 66.6 Å². The van der Waals surface area contributed by atoms with Gasteiger partial charge in [0.25, 0.3) is 0 Å². The van der Waals surface area contributed by atoms with Gasteiger partial charge in [0.15, 0.2) is 0 Å². The Morgan fingerprint density at radius 2 is 0.889 bits per heavy atom. The Kier molecular flexibility index (Phi) is 8.01. The lowest BCUT2D eigenvalue weighted by molar-refractivity contribution is 1.08. The van der Waals surface area contributed by atoms with Crippen LogP contribution in [0, 0.1) is 0 Å². The first-order valence-corrected chi connectivity index (χ1v) is 16.6. The van der Waals surface area contributed by atoms with E-state index in [-0.39, 0.29) is 0 Å². The summed E-state index contributed by atoms with van der Waals surface area (Å²) < 4.78 is 0. The molecule has 0 amide bonds. The molecule has 0 radical (unpaired) electrons. The third-order valence-corrected chi connectivity index (χ3v) is 9.48. The van der Waals surface area contributed by atoms with Crippen molar-refractivity contribution in [2.24, 2.45) is 0 Å². The van der Waals surface area contributed by atoms with Gasteiger partial charge in [0.1, 0.15) is 0 Å². The molecule has 2 heterocycles. The third kappa shape index (κ3) is 5.24. The lowest BCUT2D eigenvalue weighted by atomic mass is 9.90. The number of benzene rings is 5. The Morgan fingerprint density at radius 1 is 0.467 bits per heavy atom. The van der Waals surface area contributed by atoms with Gasteiger partial charge in [-0.15, -0.1) is 9.24 Å². The van der Waals surface area contributed by atoms with Gasteiger partial charge < -0.3 is 0 Å². The maximum Gasteiger partial charge on any atom is 0.0978 e. The molecule has 3 heteroatoms. The van der Waals surface area contributed by atoms with Crippen LogP contribution in [0.5, 0.6) is 0 Å². The van der Waals surface area contributed by atoms with Gasteiger partial charge in [-0.2, -0.15) is 0 Å². The average Bonchev–Trinajstić information content (AvgIpc) is 3.10. The largest absolute Gasteiger partial charge is 0.245 e. The molecule has 0 aliphatic rings. The summed E-state index contributed by atoms with van der Waals surface area (Å²) in [5.74, 6) is 0. The molecule has 220 valence electrons. The van der Waals surface area contributed by atoms with Crippen LogP contribution in [0.4, 0.5) is 0 Å². The topological polar surface area (TPSA) is 25.8 Å². The van der Waals surface area contributed by atoms with Gasteiger partial charge in [-0.3, -0.25) is 0 Å². The van der Waals surface area contributed by atoms with Gasteiger partial charge in [0.05, 0.1) is 22.4 Å². The molecular weight excluding hydrogens is 563 g/mol. The van der Waals surface area contributed by atoms with Crippen molar-refractivity contribution >= 4 is 36.4 Å². The number of aryl methyl sites for hydroxylation is 3. The zero-order valence-corrected chi connectivity index (χ0v) is 27.3. The van der Waals surface area contributed by atoms with Gasteiger partial charge >= 0.3 is 0 Å². The second-order valence-corrected chi connectivity index (χ2v) is 12.2. The maximum atomic E-state index is 5.54. The highest BCUT2D eigenvalue weighted by molar-refractivity contribution is 7.28. The van der Waals surface area contributed by atoms with E-state index in [1.54, 1.807) is 0 Å². The number of aromatic nitrogens is 2. The smallest absolute Gasteiger partial charge is 0.0978 e. The highest BCUT2D eigenvalue weighted by atomic mass is 31.0. The average molecular weight is 601 g/mol. The Bertz CT molecular complexity index is 2150. The summed E-state index contributed by atoms with van der Waals surface area (Å²) >= 11 is 0. The Morgan fingerprint density at radius 3 is 1.36 bits per heavy atom. The van der Waals surface area contributed by atoms with E-state index in [4.69, 9.17) is 9.97 Å². The van der Waals surface area contributed by atoms with Crippen molar-refractivity contribution in [3.63, 3.8) is 0 Å². The lowest BCUT2D eigenvalue weighted by Gasteiger charge is -2.18. The van der Waals surface area contributed by atoms with E-state index in [0.29, 0.717) is 0 Å². The summed E-state index contributed by atoms with van der Waals surface area (Å²) in [6.45, 7) is 6.69. The summed E-state index contributed by atoms with van der Waals surface area (Å²) in [6.07, 6.45) is 2.83. The first-order valence-electron chi connectivity index (χ1n) is 16.0. The van der Waals surface area contributed by atoms with E-state index in [1.807, 2.05) is 0 Å². The standard InChI is InChI=1S/C42H37N2P/c1-4-27-19-13-20-28(5-2)39(27)36-25-34(30-15-9-7-10-16-30)32-23-24-33-35(31-17-11-8-12-18-31)26-37(44-42(33)41(32)43-36)40-29(6-3)21-14-22-38(40)45/h7-26H,4-6,45H2,1-3H3. The number of hydrogen-bond acceptors (Lipinski definition) is 2. The second-order valence-electron chi connectivity index (χ2n) is 11.6. The molecular formula is C42H37N2P. The summed E-state index contributed by atoms with van der Waals surface area (Å²) in [5.41, 5.74) is 14.9. The van der Waals surface area contributed by atoms with Crippen LogP contribution < -0.4 is 5.30 Å². The molecule has 2 nitrogen and oxygen atoms in total. The van der Waals surface area contributed by atoms with Crippen LogP contribution in [-0.4, -0.2) is 9.97 Å². The molecule has 0 fully saturated rings.